The van der Waals surface area contributed by atoms with E-state index >= 15 is 0 Å². The van der Waals surface area contributed by atoms with E-state index in [2.05, 4.69) is 22.5 Å². The van der Waals surface area contributed by atoms with Crippen molar-refractivity contribution in [2.24, 2.45) is 5.92 Å². The van der Waals surface area contributed by atoms with Crippen LogP contribution in [-0.2, 0) is 11.2 Å². The van der Waals surface area contributed by atoms with Crippen LogP contribution < -0.4 is 15.5 Å². The summed E-state index contributed by atoms with van der Waals surface area (Å²) in [6.45, 7) is 4.38. The predicted molar refractivity (Wildman–Crippen MR) is 121 cm³/mol. The maximum atomic E-state index is 13.0. The Morgan fingerprint density at radius 2 is 1.84 bits per heavy atom. The molecule has 4 rings (SSSR count). The van der Waals surface area contributed by atoms with Gasteiger partial charge >= 0.3 is 0 Å². The number of carbonyl (C=O) groups is 2. The van der Waals surface area contributed by atoms with Crippen LogP contribution in [0.25, 0.3) is 0 Å². The van der Waals surface area contributed by atoms with Crippen LogP contribution in [0.5, 0.6) is 0 Å². The molecule has 2 atom stereocenters. The highest BCUT2D eigenvalue weighted by Gasteiger charge is 2.24. The van der Waals surface area contributed by atoms with Crippen LogP contribution in [-0.4, -0.2) is 30.9 Å². The number of amides is 2. The first kappa shape index (κ1) is 20.7. The number of carbonyl (C=O) groups excluding carboxylic acids is 2. The van der Waals surface area contributed by atoms with Gasteiger partial charge < -0.3 is 20.0 Å². The molecule has 3 aromatic rings. The first-order chi connectivity index (χ1) is 15.1. The molecule has 1 aromatic heterocycles. The van der Waals surface area contributed by atoms with Crippen LogP contribution in [0.2, 0.25) is 0 Å². The Labute approximate surface area is 182 Å². The highest BCUT2D eigenvalue weighted by Crippen LogP contribution is 2.25. The minimum absolute atomic E-state index is 0.176. The lowest BCUT2D eigenvalue weighted by Gasteiger charge is -2.20. The summed E-state index contributed by atoms with van der Waals surface area (Å²) in [5.41, 5.74) is 2.82. The van der Waals surface area contributed by atoms with Gasteiger partial charge in [-0.05, 0) is 54.3 Å². The smallest absolute Gasteiger partial charge is 0.287 e. The second-order valence-corrected chi connectivity index (χ2v) is 8.07. The summed E-state index contributed by atoms with van der Waals surface area (Å²) in [5.74, 6) is 0.192. The number of furan rings is 1. The fourth-order valence-corrected chi connectivity index (χ4v) is 3.85. The predicted octanol–water partition coefficient (Wildman–Crippen LogP) is 4.11. The average Bonchev–Trinajstić information content (AvgIpc) is 3.47. The Balaban J connectivity index is 1.45. The topological polar surface area (TPSA) is 74.6 Å². The normalized spacial score (nSPS) is 16.7. The average molecular weight is 418 g/mol. The number of nitrogens with one attached hydrogen (secondary N) is 2. The third-order valence-electron chi connectivity index (χ3n) is 5.57. The van der Waals surface area contributed by atoms with Crippen LogP contribution in [0.15, 0.2) is 77.4 Å². The molecule has 0 radical (unpaired) electrons. The zero-order chi connectivity index (χ0) is 21.6. The van der Waals surface area contributed by atoms with Crippen LogP contribution in [0.3, 0.4) is 0 Å². The van der Waals surface area contributed by atoms with E-state index in [9.17, 15) is 9.59 Å². The van der Waals surface area contributed by atoms with Crippen LogP contribution in [0.1, 0.15) is 29.5 Å². The summed E-state index contributed by atoms with van der Waals surface area (Å²) in [7, 11) is 0. The van der Waals surface area contributed by atoms with E-state index in [-0.39, 0.29) is 11.7 Å². The molecular formula is C25H27N3O3. The summed E-state index contributed by atoms with van der Waals surface area (Å²) >= 11 is 0. The molecule has 1 fully saturated rings. The van der Waals surface area contributed by atoms with Crippen molar-refractivity contribution in [2.75, 3.05) is 23.3 Å². The highest BCUT2D eigenvalue weighted by molar-refractivity contribution is 6.00. The minimum Gasteiger partial charge on any atom is -0.459 e. The minimum atomic E-state index is -0.737. The second-order valence-electron chi connectivity index (χ2n) is 8.07. The molecule has 0 spiro atoms. The highest BCUT2D eigenvalue weighted by atomic mass is 16.3. The van der Waals surface area contributed by atoms with E-state index in [4.69, 9.17) is 4.42 Å². The van der Waals surface area contributed by atoms with Gasteiger partial charge in [0.05, 0.1) is 6.26 Å². The summed E-state index contributed by atoms with van der Waals surface area (Å²) in [6.07, 6.45) is 3.02. The van der Waals surface area contributed by atoms with E-state index in [1.165, 1.54) is 12.7 Å². The zero-order valence-electron chi connectivity index (χ0n) is 17.6. The van der Waals surface area contributed by atoms with Crippen LogP contribution in [0.4, 0.5) is 11.4 Å². The van der Waals surface area contributed by atoms with E-state index in [0.717, 1.165) is 24.3 Å². The first-order valence-electron chi connectivity index (χ1n) is 10.6. The molecule has 1 aliphatic heterocycles. The zero-order valence-corrected chi connectivity index (χ0v) is 17.6. The van der Waals surface area contributed by atoms with Crippen molar-refractivity contribution in [1.82, 2.24) is 5.32 Å². The molecule has 2 heterocycles. The summed E-state index contributed by atoms with van der Waals surface area (Å²) in [4.78, 5) is 27.9. The third-order valence-corrected chi connectivity index (χ3v) is 5.57. The summed E-state index contributed by atoms with van der Waals surface area (Å²) < 4.78 is 5.17. The van der Waals surface area contributed by atoms with Gasteiger partial charge in [0, 0.05) is 30.9 Å². The van der Waals surface area contributed by atoms with Crippen molar-refractivity contribution in [3.8, 4) is 0 Å². The molecule has 6 nitrogen and oxygen atoms in total. The Bertz CT molecular complexity index is 1000. The van der Waals surface area contributed by atoms with Crippen molar-refractivity contribution in [3.05, 3.63) is 84.3 Å². The molecule has 2 amide bonds. The molecule has 0 saturated carbocycles. The standard InChI is InChI=1S/C25H27N3O3/c1-18-13-14-28(17-18)21-11-9-20(10-12-21)26-24(29)22(16-19-6-3-2-4-7-19)27-25(30)23-8-5-15-31-23/h2-12,15,18,22H,13-14,16-17H2,1H3,(H,26,29)(H,27,30). The lowest BCUT2D eigenvalue weighted by atomic mass is 10.0. The van der Waals surface area contributed by atoms with Gasteiger partial charge in [0.15, 0.2) is 5.76 Å². The number of hydrogen-bond donors (Lipinski definition) is 2. The number of anilines is 2. The molecular weight excluding hydrogens is 390 g/mol. The lowest BCUT2D eigenvalue weighted by molar-refractivity contribution is -0.118. The quantitative estimate of drug-likeness (QED) is 0.607. The van der Waals surface area contributed by atoms with Crippen molar-refractivity contribution in [1.29, 1.82) is 0 Å². The molecule has 31 heavy (non-hydrogen) atoms. The number of nitrogens with zero attached hydrogens (tertiary/aromatic N) is 1. The summed E-state index contributed by atoms with van der Waals surface area (Å²) in [6, 6.07) is 20.0. The molecule has 6 heteroatoms. The van der Waals surface area contributed by atoms with Crippen molar-refractivity contribution >= 4 is 23.2 Å². The van der Waals surface area contributed by atoms with Crippen molar-refractivity contribution < 1.29 is 14.0 Å². The van der Waals surface area contributed by atoms with Crippen LogP contribution >= 0.6 is 0 Å². The van der Waals surface area contributed by atoms with E-state index in [1.54, 1.807) is 12.1 Å². The van der Waals surface area contributed by atoms with Gasteiger partial charge in [0.25, 0.3) is 5.91 Å². The first-order valence-corrected chi connectivity index (χ1v) is 10.6. The molecule has 0 aliphatic carbocycles. The Morgan fingerprint density at radius 1 is 1.06 bits per heavy atom. The molecule has 2 N–H and O–H groups in total. The Hall–Kier alpha value is -3.54. The van der Waals surface area contributed by atoms with Crippen LogP contribution in [0, 0.1) is 5.92 Å². The fourth-order valence-electron chi connectivity index (χ4n) is 3.85. The van der Waals surface area contributed by atoms with Crippen molar-refractivity contribution in [3.63, 3.8) is 0 Å². The molecule has 2 unspecified atom stereocenters. The van der Waals surface area contributed by atoms with E-state index < -0.39 is 11.9 Å². The number of hydrogen-bond acceptors (Lipinski definition) is 4. The molecule has 2 aromatic carbocycles. The van der Waals surface area contributed by atoms with Gasteiger partial charge in [-0.15, -0.1) is 0 Å². The van der Waals surface area contributed by atoms with Gasteiger partial charge in [-0.3, -0.25) is 9.59 Å². The van der Waals surface area contributed by atoms with Gasteiger partial charge in [0.1, 0.15) is 6.04 Å². The molecule has 160 valence electrons. The molecule has 1 saturated heterocycles. The van der Waals surface area contributed by atoms with Gasteiger partial charge in [0.2, 0.25) is 5.91 Å². The Kier molecular flexibility index (Phi) is 6.36. The maximum Gasteiger partial charge on any atom is 0.287 e. The molecule has 0 bridgehead atoms. The number of rotatable bonds is 7. The second kappa shape index (κ2) is 9.51. The van der Waals surface area contributed by atoms with Gasteiger partial charge in [-0.1, -0.05) is 37.3 Å². The maximum absolute atomic E-state index is 13.0. The fraction of sp³-hybridized carbons (Fsp3) is 0.280. The van der Waals surface area contributed by atoms with E-state index in [0.29, 0.717) is 18.0 Å². The largest absolute Gasteiger partial charge is 0.459 e. The number of benzene rings is 2. The van der Waals surface area contributed by atoms with Gasteiger partial charge in [-0.25, -0.2) is 0 Å². The molecule has 1 aliphatic rings. The SMILES string of the molecule is CC1CCN(c2ccc(NC(=O)C(Cc3ccccc3)NC(=O)c3ccco3)cc2)C1. The summed E-state index contributed by atoms with van der Waals surface area (Å²) in [5, 5.41) is 5.73. The van der Waals surface area contributed by atoms with Crippen molar-refractivity contribution in [2.45, 2.75) is 25.8 Å². The van der Waals surface area contributed by atoms with Gasteiger partial charge in [-0.2, -0.15) is 0 Å². The third kappa shape index (κ3) is 5.34. The Morgan fingerprint density at radius 3 is 2.48 bits per heavy atom. The lowest BCUT2D eigenvalue weighted by Crippen LogP contribution is -2.45. The van der Waals surface area contributed by atoms with E-state index in [1.807, 2.05) is 54.6 Å². The monoisotopic (exact) mass is 417 g/mol.